The summed E-state index contributed by atoms with van der Waals surface area (Å²) in [5, 5.41) is 0. The molecule has 2 heterocycles. The Bertz CT molecular complexity index is 5070. The molecule has 3 aliphatic rings. The number of rotatable bonds is 9. The van der Waals surface area contributed by atoms with Gasteiger partial charge in [0, 0.05) is 39.6 Å². The van der Waals surface area contributed by atoms with Gasteiger partial charge in [-0.1, -0.05) is 314 Å². The quantitative estimate of drug-likeness (QED) is 0.133. The summed E-state index contributed by atoms with van der Waals surface area (Å²) in [5.74, 6) is 0. The van der Waals surface area contributed by atoms with Crippen molar-refractivity contribution in [2.24, 2.45) is 0 Å². The summed E-state index contributed by atoms with van der Waals surface area (Å²) >= 11 is 0. The molecule has 0 bridgehead atoms. The summed E-state index contributed by atoms with van der Waals surface area (Å²) < 4.78 is 44.1. The van der Waals surface area contributed by atoms with Gasteiger partial charge in [-0.2, -0.15) is 0 Å². The molecule has 90 heavy (non-hydrogen) atoms. The minimum absolute atomic E-state index is 0.0192. The molecule has 0 unspecified atom stereocenters. The predicted octanol–water partition coefficient (Wildman–Crippen LogP) is 21.1. The third kappa shape index (κ3) is 8.85. The lowest BCUT2D eigenvalue weighted by molar-refractivity contribution is 0.590. The third-order valence-electron chi connectivity index (χ3n) is 19.1. The van der Waals surface area contributed by atoms with Gasteiger partial charge in [-0.15, -0.1) is 0 Å². The van der Waals surface area contributed by atoms with E-state index in [1.54, 1.807) is 0 Å². The first-order valence-electron chi connectivity index (χ1n) is 33.9. The number of para-hydroxylation sites is 1. The molecule has 0 fully saturated rings. The van der Waals surface area contributed by atoms with Crippen LogP contribution in [-0.4, -0.2) is 6.71 Å². The summed E-state index contributed by atoms with van der Waals surface area (Å²) in [6.45, 7) is 13.4. The Morgan fingerprint density at radius 3 is 1.44 bits per heavy atom. The van der Waals surface area contributed by atoms with Gasteiger partial charge in [-0.25, -0.2) is 0 Å². The minimum Gasteiger partial charge on any atom is -0.311 e. The Kier molecular flexibility index (Phi) is 11.8. The highest BCUT2D eigenvalue weighted by Gasteiger charge is 2.49. The van der Waals surface area contributed by atoms with Gasteiger partial charge in [-0.3, -0.25) is 0 Å². The average Bonchev–Trinajstić information content (AvgIpc) is 0.895. The van der Waals surface area contributed by atoms with Crippen molar-refractivity contribution in [3.8, 4) is 66.8 Å². The van der Waals surface area contributed by atoms with Crippen LogP contribution in [0.25, 0.3) is 66.8 Å². The Hall–Kier alpha value is -10.5. The molecule has 2 nitrogen and oxygen atoms in total. The molecule has 2 aliphatic heterocycles. The molecule has 0 saturated carbocycles. The fourth-order valence-corrected chi connectivity index (χ4v) is 14.9. The minimum atomic E-state index is -0.734. The van der Waals surface area contributed by atoms with Crippen molar-refractivity contribution >= 4 is 57.2 Å². The van der Waals surface area contributed by atoms with E-state index < -0.39 is 11.5 Å². The second-order valence-electron chi connectivity index (χ2n) is 26.4. The molecule has 1 aliphatic carbocycles. The van der Waals surface area contributed by atoms with Crippen molar-refractivity contribution in [2.45, 2.75) is 57.8 Å². The number of nitrogens with zero attached hydrogens (tertiary/aromatic N) is 2. The zero-order chi connectivity index (χ0) is 65.2. The van der Waals surface area contributed by atoms with Crippen molar-refractivity contribution in [1.29, 1.82) is 0 Å². The number of anilines is 6. The van der Waals surface area contributed by atoms with Gasteiger partial charge in [0.1, 0.15) is 0 Å². The number of hydrogen-bond acceptors (Lipinski definition) is 2. The maximum Gasteiger partial charge on any atom is 0.252 e. The first-order chi connectivity index (χ1) is 46.0. The Morgan fingerprint density at radius 2 is 0.833 bits per heavy atom. The maximum atomic E-state index is 9.12. The standard InChI is InChI=1S/C87H69BN2/c1-85(2,3)65-47-42-60(43-48-65)63-46-53-78-77(54-63)88-76-52-49-68(86(4,5)6)57-79(76)89(69-50-44-59(45-51-69)58-26-12-7-13-27-58)80-55-64(56-81(83(80)88)90(78)84-71(61-28-14-8-15-29-61)38-25-39-72(84)62-30-16-9-17-31-62)70-37-24-40-74-73-36-22-23-41-75(73)87(82(70)74,66-32-18-10-19-33-66)67-34-20-11-21-35-67/h7-57H,1-6H3/i7D,12D,13D,26D,27D. The van der Waals surface area contributed by atoms with Gasteiger partial charge >= 0.3 is 0 Å². The second kappa shape index (κ2) is 21.4. The molecule has 430 valence electrons. The molecule has 0 amide bonds. The summed E-state index contributed by atoms with van der Waals surface area (Å²) in [5.41, 5.74) is 27.7. The summed E-state index contributed by atoms with van der Waals surface area (Å²) in [4.78, 5) is 5.05. The lowest BCUT2D eigenvalue weighted by Crippen LogP contribution is -2.61. The number of fused-ring (bicyclic) bond motifs is 7. The van der Waals surface area contributed by atoms with Crippen molar-refractivity contribution < 1.29 is 6.85 Å². The Morgan fingerprint density at radius 1 is 0.333 bits per heavy atom. The number of benzene rings is 13. The molecule has 0 aromatic heterocycles. The van der Waals surface area contributed by atoms with Crippen LogP contribution in [-0.2, 0) is 16.2 Å². The molecule has 0 spiro atoms. The molecule has 0 atom stereocenters. The molecule has 13 aromatic carbocycles. The highest BCUT2D eigenvalue weighted by atomic mass is 15.2. The Balaban J connectivity index is 1.07. The lowest BCUT2D eigenvalue weighted by Gasteiger charge is -2.46. The SMILES string of the molecule is [2H]c1c([2H])c([2H])c(-c2ccc(N3c4cc(C(C)(C)C)ccc4B4c5cc(-c6ccc(C(C)(C)C)cc6)ccc5N(c5c(-c6ccccc6)cccc5-c5ccccc5)c5cc(-c6cccc7c6C(c6ccccc6)(c6ccccc6)c6ccccc6-7)cc3c54)cc2)c([2H])c1[2H]. The highest BCUT2D eigenvalue weighted by Crippen LogP contribution is 2.60. The van der Waals surface area contributed by atoms with Crippen LogP contribution in [0.3, 0.4) is 0 Å². The van der Waals surface area contributed by atoms with Gasteiger partial charge in [0.15, 0.2) is 0 Å². The molecule has 0 saturated heterocycles. The lowest BCUT2D eigenvalue weighted by atomic mass is 9.33. The van der Waals surface area contributed by atoms with Gasteiger partial charge in [0.25, 0.3) is 6.71 Å². The molecule has 13 aromatic rings. The van der Waals surface area contributed by atoms with E-state index in [0.717, 1.165) is 89.6 Å². The van der Waals surface area contributed by atoms with Gasteiger partial charge in [-0.05, 0) is 153 Å². The van der Waals surface area contributed by atoms with Crippen LogP contribution in [0, 0.1) is 0 Å². The summed E-state index contributed by atoms with van der Waals surface area (Å²) in [7, 11) is 0. The van der Waals surface area contributed by atoms with Crippen LogP contribution in [0.5, 0.6) is 0 Å². The smallest absolute Gasteiger partial charge is 0.252 e. The first kappa shape index (κ1) is 49.5. The second-order valence-corrected chi connectivity index (χ2v) is 26.4. The van der Waals surface area contributed by atoms with Gasteiger partial charge in [0.05, 0.1) is 18.0 Å². The van der Waals surface area contributed by atoms with Crippen LogP contribution in [0.15, 0.2) is 309 Å². The van der Waals surface area contributed by atoms with E-state index in [-0.39, 0.29) is 47.3 Å². The van der Waals surface area contributed by atoms with Gasteiger partial charge in [0.2, 0.25) is 0 Å². The van der Waals surface area contributed by atoms with Crippen LogP contribution < -0.4 is 26.2 Å². The largest absolute Gasteiger partial charge is 0.311 e. The summed E-state index contributed by atoms with van der Waals surface area (Å²) in [6, 6.07) is 101. The molecular weight excluding hydrogens is 1080 g/mol. The van der Waals surface area contributed by atoms with Crippen molar-refractivity contribution in [2.75, 3.05) is 9.80 Å². The normalized spacial score (nSPS) is 14.2. The maximum absolute atomic E-state index is 9.12. The molecule has 0 radical (unpaired) electrons. The highest BCUT2D eigenvalue weighted by molar-refractivity contribution is 7.00. The van der Waals surface area contributed by atoms with E-state index in [1.165, 1.54) is 50.0 Å². The van der Waals surface area contributed by atoms with Crippen molar-refractivity contribution in [3.05, 3.63) is 343 Å². The topological polar surface area (TPSA) is 6.48 Å². The monoisotopic (exact) mass is 1160 g/mol. The molecule has 16 rings (SSSR count). The van der Waals surface area contributed by atoms with Crippen molar-refractivity contribution in [1.82, 2.24) is 0 Å². The fourth-order valence-electron chi connectivity index (χ4n) is 14.9. The van der Waals surface area contributed by atoms with E-state index in [2.05, 4.69) is 318 Å². The fraction of sp³-hybridized carbons (Fsp3) is 0.103. The van der Waals surface area contributed by atoms with Crippen LogP contribution >= 0.6 is 0 Å². The summed E-state index contributed by atoms with van der Waals surface area (Å²) in [6.07, 6.45) is 0. The van der Waals surface area contributed by atoms with E-state index in [1.807, 2.05) is 12.1 Å². The third-order valence-corrected chi connectivity index (χ3v) is 19.1. The van der Waals surface area contributed by atoms with E-state index in [0.29, 0.717) is 5.56 Å². The van der Waals surface area contributed by atoms with Crippen molar-refractivity contribution in [3.63, 3.8) is 0 Å². The molecule has 3 heteroatoms. The molecular formula is C87H69BN2. The average molecular weight is 1160 g/mol. The van der Waals surface area contributed by atoms with Gasteiger partial charge < -0.3 is 9.80 Å². The first-order valence-corrected chi connectivity index (χ1v) is 31.4. The predicted molar refractivity (Wildman–Crippen MR) is 382 cm³/mol. The van der Waals surface area contributed by atoms with Crippen LogP contribution in [0.2, 0.25) is 0 Å². The Labute approximate surface area is 538 Å². The zero-order valence-electron chi connectivity index (χ0n) is 56.5. The van der Waals surface area contributed by atoms with E-state index >= 15 is 0 Å². The van der Waals surface area contributed by atoms with Crippen LogP contribution in [0.4, 0.5) is 34.1 Å². The zero-order valence-corrected chi connectivity index (χ0v) is 51.5. The van der Waals surface area contributed by atoms with E-state index in [4.69, 9.17) is 6.85 Å². The number of hydrogen-bond donors (Lipinski definition) is 0. The molecule has 0 N–H and O–H groups in total. The van der Waals surface area contributed by atoms with E-state index in [9.17, 15) is 0 Å². The van der Waals surface area contributed by atoms with Crippen LogP contribution in [0.1, 0.15) is 81.8 Å².